The Balaban J connectivity index is 1.71. The molecule has 0 aliphatic carbocycles. The molecular weight excluding hydrogens is 447 g/mol. The summed E-state index contributed by atoms with van der Waals surface area (Å²) in [6.07, 6.45) is -4.61. The van der Waals surface area contributed by atoms with Gasteiger partial charge in [0.2, 0.25) is 0 Å². The van der Waals surface area contributed by atoms with E-state index in [2.05, 4.69) is 5.32 Å². The highest BCUT2D eigenvalue weighted by Gasteiger charge is 2.32. The number of halogens is 3. The van der Waals surface area contributed by atoms with E-state index >= 15 is 0 Å². The lowest BCUT2D eigenvalue weighted by Crippen LogP contribution is -2.37. The van der Waals surface area contributed by atoms with Crippen molar-refractivity contribution in [3.05, 3.63) is 63.2 Å². The maximum absolute atomic E-state index is 13.2. The van der Waals surface area contributed by atoms with Gasteiger partial charge in [-0.1, -0.05) is 0 Å². The second kappa shape index (κ2) is 9.86. The van der Waals surface area contributed by atoms with Gasteiger partial charge in [0, 0.05) is 24.7 Å². The molecule has 0 aromatic heterocycles. The number of nitrogens with one attached hydrogen (secondary N) is 1. The lowest BCUT2D eigenvalue weighted by Gasteiger charge is -2.31. The first-order valence-electron chi connectivity index (χ1n) is 9.82. The van der Waals surface area contributed by atoms with Crippen LogP contribution in [0, 0.1) is 17.0 Å². The minimum atomic E-state index is -4.61. The SMILES string of the molecule is Cc1cc(C(=O)OCC(=O)Nc2cc(C(F)(F)F)ccc2N2CCOCC2)ccc1[N+](=O)[O-]. The number of ether oxygens (including phenoxy) is 2. The van der Waals surface area contributed by atoms with Crippen molar-refractivity contribution in [3.63, 3.8) is 0 Å². The number of carbonyl (C=O) groups is 2. The second-order valence-electron chi connectivity index (χ2n) is 7.21. The van der Waals surface area contributed by atoms with Crippen molar-refractivity contribution in [1.82, 2.24) is 0 Å². The zero-order valence-electron chi connectivity index (χ0n) is 17.5. The highest BCUT2D eigenvalue weighted by atomic mass is 19.4. The Bertz CT molecular complexity index is 1070. The molecule has 1 saturated heterocycles. The molecular formula is C21H20F3N3O6. The largest absolute Gasteiger partial charge is 0.452 e. The van der Waals surface area contributed by atoms with Crippen molar-refractivity contribution in [2.45, 2.75) is 13.1 Å². The fraction of sp³-hybridized carbons (Fsp3) is 0.333. The number of nitro benzene ring substituents is 1. The Labute approximate surface area is 186 Å². The van der Waals surface area contributed by atoms with E-state index in [1.165, 1.54) is 25.1 Å². The van der Waals surface area contributed by atoms with Crippen molar-refractivity contribution in [1.29, 1.82) is 0 Å². The first-order valence-corrected chi connectivity index (χ1v) is 9.82. The maximum Gasteiger partial charge on any atom is 0.416 e. The highest BCUT2D eigenvalue weighted by molar-refractivity contribution is 5.98. The Morgan fingerprint density at radius 3 is 2.48 bits per heavy atom. The van der Waals surface area contributed by atoms with Crippen LogP contribution >= 0.6 is 0 Å². The number of hydrogen-bond donors (Lipinski definition) is 1. The summed E-state index contributed by atoms with van der Waals surface area (Å²) in [5, 5.41) is 13.2. The molecule has 1 N–H and O–H groups in total. The van der Waals surface area contributed by atoms with Crippen molar-refractivity contribution in [2.75, 3.05) is 43.1 Å². The molecule has 0 radical (unpaired) electrons. The van der Waals surface area contributed by atoms with E-state index in [1.807, 2.05) is 0 Å². The van der Waals surface area contributed by atoms with Crippen LogP contribution in [0.25, 0.3) is 0 Å². The third kappa shape index (κ3) is 5.98. The van der Waals surface area contributed by atoms with Crippen LogP contribution < -0.4 is 10.2 Å². The Morgan fingerprint density at radius 2 is 1.88 bits per heavy atom. The molecule has 33 heavy (non-hydrogen) atoms. The molecule has 2 aromatic rings. The predicted molar refractivity (Wildman–Crippen MR) is 111 cm³/mol. The number of amides is 1. The van der Waals surface area contributed by atoms with E-state index in [4.69, 9.17) is 9.47 Å². The van der Waals surface area contributed by atoms with E-state index < -0.39 is 35.1 Å². The summed E-state index contributed by atoms with van der Waals surface area (Å²) >= 11 is 0. The van der Waals surface area contributed by atoms with Crippen LogP contribution in [0.1, 0.15) is 21.5 Å². The molecule has 1 aliphatic rings. The zero-order chi connectivity index (χ0) is 24.2. The number of nitro groups is 1. The van der Waals surface area contributed by atoms with Gasteiger partial charge in [-0.2, -0.15) is 13.2 Å². The first kappa shape index (κ1) is 24.0. The van der Waals surface area contributed by atoms with E-state index in [9.17, 15) is 32.9 Å². The van der Waals surface area contributed by atoms with Gasteiger partial charge in [0.1, 0.15) is 0 Å². The molecule has 1 aliphatic heterocycles. The summed E-state index contributed by atoms with van der Waals surface area (Å²) < 4.78 is 49.7. The molecule has 176 valence electrons. The number of rotatable bonds is 6. The molecule has 0 unspecified atom stereocenters. The van der Waals surface area contributed by atoms with Crippen LogP contribution in [0.4, 0.5) is 30.2 Å². The average Bonchev–Trinajstić information content (AvgIpc) is 2.77. The maximum atomic E-state index is 13.2. The minimum Gasteiger partial charge on any atom is -0.452 e. The number of esters is 1. The molecule has 0 spiro atoms. The molecule has 1 amide bonds. The summed E-state index contributed by atoms with van der Waals surface area (Å²) in [6, 6.07) is 6.61. The molecule has 3 rings (SSSR count). The number of morpholine rings is 1. The monoisotopic (exact) mass is 467 g/mol. The number of carbonyl (C=O) groups excluding carboxylic acids is 2. The smallest absolute Gasteiger partial charge is 0.416 e. The van der Waals surface area contributed by atoms with Gasteiger partial charge < -0.3 is 19.7 Å². The molecule has 1 heterocycles. The lowest BCUT2D eigenvalue weighted by molar-refractivity contribution is -0.385. The lowest BCUT2D eigenvalue weighted by atomic mass is 10.1. The Morgan fingerprint density at radius 1 is 1.18 bits per heavy atom. The number of hydrogen-bond acceptors (Lipinski definition) is 7. The van der Waals surface area contributed by atoms with Gasteiger partial charge in [0.15, 0.2) is 6.61 Å². The molecule has 9 nitrogen and oxygen atoms in total. The summed E-state index contributed by atoms with van der Waals surface area (Å²) in [5.74, 6) is -1.74. The van der Waals surface area contributed by atoms with Crippen LogP contribution in [-0.2, 0) is 20.4 Å². The average molecular weight is 467 g/mol. The van der Waals surface area contributed by atoms with Crippen molar-refractivity contribution < 1.29 is 37.2 Å². The van der Waals surface area contributed by atoms with Gasteiger partial charge in [0.05, 0.1) is 40.6 Å². The standard InChI is InChI=1S/C21H20F3N3O6/c1-13-10-14(2-4-17(13)27(30)31)20(29)33-12-19(28)25-16-11-15(21(22,23)24)3-5-18(16)26-6-8-32-9-7-26/h2-5,10-11H,6-9,12H2,1H3,(H,25,28). The minimum absolute atomic E-state index is 0.000949. The van der Waals surface area contributed by atoms with Crippen LogP contribution in [-0.4, -0.2) is 49.7 Å². The Hall–Kier alpha value is -3.67. The number of anilines is 2. The second-order valence-corrected chi connectivity index (χ2v) is 7.21. The van der Waals surface area contributed by atoms with Gasteiger partial charge >= 0.3 is 12.1 Å². The van der Waals surface area contributed by atoms with E-state index in [0.29, 0.717) is 32.0 Å². The third-order valence-electron chi connectivity index (χ3n) is 4.91. The first-order chi connectivity index (χ1) is 15.6. The summed E-state index contributed by atoms with van der Waals surface area (Å²) in [7, 11) is 0. The van der Waals surface area contributed by atoms with Crippen LogP contribution in [0.3, 0.4) is 0 Å². The fourth-order valence-corrected chi connectivity index (χ4v) is 3.28. The van der Waals surface area contributed by atoms with Gasteiger partial charge in [-0.25, -0.2) is 4.79 Å². The molecule has 2 aromatic carbocycles. The molecule has 1 fully saturated rings. The van der Waals surface area contributed by atoms with Gasteiger partial charge in [-0.15, -0.1) is 0 Å². The zero-order valence-corrected chi connectivity index (χ0v) is 17.5. The highest BCUT2D eigenvalue weighted by Crippen LogP contribution is 2.35. The quantitative estimate of drug-likeness (QED) is 0.393. The third-order valence-corrected chi connectivity index (χ3v) is 4.91. The number of nitrogens with zero attached hydrogens (tertiary/aromatic N) is 2. The van der Waals surface area contributed by atoms with Gasteiger partial charge in [-0.3, -0.25) is 14.9 Å². The van der Waals surface area contributed by atoms with Gasteiger partial charge in [0.25, 0.3) is 11.6 Å². The van der Waals surface area contributed by atoms with Crippen molar-refractivity contribution in [3.8, 4) is 0 Å². The topological polar surface area (TPSA) is 111 Å². The normalized spacial score (nSPS) is 14.0. The molecule has 0 bridgehead atoms. The van der Waals surface area contributed by atoms with Crippen LogP contribution in [0.15, 0.2) is 36.4 Å². The van der Waals surface area contributed by atoms with Gasteiger partial charge in [-0.05, 0) is 37.3 Å². The number of alkyl halides is 3. The van der Waals surface area contributed by atoms with Crippen molar-refractivity contribution >= 4 is 28.9 Å². The van der Waals surface area contributed by atoms with Crippen LogP contribution in [0.2, 0.25) is 0 Å². The van der Waals surface area contributed by atoms with E-state index in [-0.39, 0.29) is 22.5 Å². The summed E-state index contributed by atoms with van der Waals surface area (Å²) in [5.41, 5.74) is -0.564. The van der Waals surface area contributed by atoms with E-state index in [1.54, 1.807) is 4.90 Å². The van der Waals surface area contributed by atoms with E-state index in [0.717, 1.165) is 18.2 Å². The molecule has 0 atom stereocenters. The Kier molecular flexibility index (Phi) is 7.16. The number of aryl methyl sites for hydroxylation is 1. The fourth-order valence-electron chi connectivity index (χ4n) is 3.28. The summed E-state index contributed by atoms with van der Waals surface area (Å²) in [6.45, 7) is 2.34. The molecule has 0 saturated carbocycles. The summed E-state index contributed by atoms with van der Waals surface area (Å²) in [4.78, 5) is 36.6. The predicted octanol–water partition coefficient (Wildman–Crippen LogP) is 3.55. The van der Waals surface area contributed by atoms with Crippen LogP contribution in [0.5, 0.6) is 0 Å². The number of benzene rings is 2. The molecule has 12 heteroatoms. The van der Waals surface area contributed by atoms with Crippen molar-refractivity contribution in [2.24, 2.45) is 0 Å².